The number of rotatable bonds is 9. The molecule has 3 N–H and O–H groups in total. The Balaban J connectivity index is 0.00000320. The van der Waals surface area contributed by atoms with Gasteiger partial charge < -0.3 is 20.9 Å². The summed E-state index contributed by atoms with van der Waals surface area (Å²) in [5.41, 5.74) is 11.1. The molecule has 3 rings (SSSR count). The Morgan fingerprint density at radius 3 is 2.57 bits per heavy atom. The van der Waals surface area contributed by atoms with Crippen LogP contribution in [-0.4, -0.2) is 29.6 Å². The molecule has 30 heavy (non-hydrogen) atoms. The number of aromatic nitrogens is 3. The van der Waals surface area contributed by atoms with E-state index in [1.165, 1.54) is 0 Å². The van der Waals surface area contributed by atoms with Crippen molar-refractivity contribution in [3.05, 3.63) is 60.6 Å². The summed E-state index contributed by atoms with van der Waals surface area (Å²) in [6.45, 7) is 12.6. The van der Waals surface area contributed by atoms with Crippen molar-refractivity contribution < 1.29 is 51.4 Å². The number of nitrogens with one attached hydrogen (secondary N) is 1. The molecule has 0 bridgehead atoms. The van der Waals surface area contributed by atoms with E-state index in [1.54, 1.807) is 6.08 Å². The van der Waals surface area contributed by atoms with Gasteiger partial charge in [0.25, 0.3) is 0 Å². The van der Waals surface area contributed by atoms with Crippen LogP contribution in [0, 0.1) is 12.8 Å². The third-order valence-corrected chi connectivity index (χ3v) is 4.51. The fourth-order valence-electron chi connectivity index (χ4n) is 3.18. The summed E-state index contributed by atoms with van der Waals surface area (Å²) in [4.78, 5) is 16.0. The summed E-state index contributed by atoms with van der Waals surface area (Å²) in [6, 6.07) is 10.0. The van der Waals surface area contributed by atoms with E-state index in [9.17, 15) is 0 Å². The van der Waals surface area contributed by atoms with Crippen molar-refractivity contribution in [3.8, 4) is 11.4 Å². The van der Waals surface area contributed by atoms with Crippen molar-refractivity contribution in [1.29, 1.82) is 0 Å². The van der Waals surface area contributed by atoms with Gasteiger partial charge in [-0.25, -0.2) is 0 Å². The molecule has 0 radical (unpaired) electrons. The van der Waals surface area contributed by atoms with Crippen molar-refractivity contribution in [2.75, 3.05) is 29.9 Å². The largest absolute Gasteiger partial charge is 1.00 e. The van der Waals surface area contributed by atoms with Crippen LogP contribution >= 0.6 is 0 Å². The monoisotopic (exact) mass is 428 g/mol. The number of nitrogens with two attached hydrogens (primary N) is 1. The van der Waals surface area contributed by atoms with E-state index in [4.69, 9.17) is 10.7 Å². The third kappa shape index (κ3) is 6.51. The van der Waals surface area contributed by atoms with Crippen LogP contribution in [0.25, 0.3) is 17.5 Å². The predicted octanol–water partition coefficient (Wildman–Crippen LogP) is 1.22. The molecular weight excluding hydrogens is 399 g/mol. The zero-order chi connectivity index (χ0) is 20.8. The predicted molar refractivity (Wildman–Crippen MR) is 121 cm³/mol. The smallest absolute Gasteiger partial charge is 0.467 e. The van der Waals surface area contributed by atoms with E-state index in [2.05, 4.69) is 40.6 Å². The van der Waals surface area contributed by atoms with Crippen LogP contribution in [-0.2, 0) is 0 Å². The number of pyridine rings is 2. The molecule has 0 aliphatic heterocycles. The van der Waals surface area contributed by atoms with E-state index in [0.717, 1.165) is 52.9 Å². The van der Waals surface area contributed by atoms with Gasteiger partial charge in [-0.2, -0.15) is 0 Å². The van der Waals surface area contributed by atoms with E-state index in [-0.39, 0.29) is 51.4 Å². The van der Waals surface area contributed by atoms with Crippen LogP contribution in [0.1, 0.15) is 25.1 Å². The first kappa shape index (κ1) is 24.8. The minimum absolute atomic E-state index is 0. The van der Waals surface area contributed by atoms with Crippen molar-refractivity contribution in [3.63, 3.8) is 0 Å². The van der Waals surface area contributed by atoms with Gasteiger partial charge >= 0.3 is 51.4 Å². The molecule has 0 aromatic carbocycles. The third-order valence-electron chi connectivity index (χ3n) is 4.51. The molecule has 3 aromatic rings. The SMILES string of the molecule is C=Cc1cc(Nc2ccc(C)nc2)cnc1-c1ccc(N(CCN)CC(C)C)[n-]1.[K+]. The average molecular weight is 429 g/mol. The van der Waals surface area contributed by atoms with Crippen LogP contribution in [0.3, 0.4) is 0 Å². The number of hydrogen-bond acceptors (Lipinski definition) is 5. The van der Waals surface area contributed by atoms with Crippen LogP contribution in [0.15, 0.2) is 49.3 Å². The van der Waals surface area contributed by atoms with Crippen molar-refractivity contribution in [2.24, 2.45) is 11.7 Å². The standard InChI is InChI=1S/C23H29N6.K/c1-5-18-12-20(27-19-7-6-17(4)25-13-19)14-26-23(18)21-8-9-22(28-21)29(11-10-24)15-16(2)3;/h5-9,12-14,16,27H,1,10-11,15,24H2,2-4H3;/q-1;+1. The Morgan fingerprint density at radius 2 is 1.93 bits per heavy atom. The maximum atomic E-state index is 5.79. The van der Waals surface area contributed by atoms with E-state index >= 15 is 0 Å². The Hall–Kier alpha value is -1.48. The van der Waals surface area contributed by atoms with Gasteiger partial charge in [0, 0.05) is 11.3 Å². The van der Waals surface area contributed by atoms with Gasteiger partial charge in [-0.15, -0.1) is 0 Å². The molecule has 0 aliphatic carbocycles. The summed E-state index contributed by atoms with van der Waals surface area (Å²) < 4.78 is 0. The summed E-state index contributed by atoms with van der Waals surface area (Å²) in [5.74, 6) is 1.47. The topological polar surface area (TPSA) is 81.2 Å². The molecule has 0 amide bonds. The van der Waals surface area contributed by atoms with Gasteiger partial charge in [-0.1, -0.05) is 44.5 Å². The van der Waals surface area contributed by atoms with Gasteiger partial charge in [0.2, 0.25) is 0 Å². The molecule has 6 nitrogen and oxygen atoms in total. The van der Waals surface area contributed by atoms with E-state index < -0.39 is 0 Å². The second kappa shape index (κ2) is 11.8. The number of aryl methyl sites for hydroxylation is 1. The molecule has 152 valence electrons. The van der Waals surface area contributed by atoms with Crippen LogP contribution in [0.2, 0.25) is 0 Å². The average Bonchev–Trinajstić information content (AvgIpc) is 3.19. The molecule has 0 aliphatic rings. The van der Waals surface area contributed by atoms with Gasteiger partial charge in [0.15, 0.2) is 0 Å². The Bertz CT molecular complexity index is 949. The Labute approximate surface area is 221 Å². The summed E-state index contributed by atoms with van der Waals surface area (Å²) in [6.07, 6.45) is 5.42. The molecule has 3 heterocycles. The first-order valence-corrected chi connectivity index (χ1v) is 9.91. The summed E-state index contributed by atoms with van der Waals surface area (Å²) >= 11 is 0. The van der Waals surface area contributed by atoms with Gasteiger partial charge in [-0.3, -0.25) is 9.97 Å². The zero-order valence-corrected chi connectivity index (χ0v) is 21.5. The first-order valence-electron chi connectivity index (χ1n) is 9.91. The number of anilines is 3. The quantitative estimate of drug-likeness (QED) is 0.499. The van der Waals surface area contributed by atoms with Crippen molar-refractivity contribution in [1.82, 2.24) is 15.0 Å². The Morgan fingerprint density at radius 1 is 1.17 bits per heavy atom. The normalized spacial score (nSPS) is 10.6. The molecule has 0 spiro atoms. The Kier molecular flexibility index (Phi) is 9.74. The first-order chi connectivity index (χ1) is 14.0. The molecular formula is C23H29KN6. The summed E-state index contributed by atoms with van der Waals surface area (Å²) in [5, 5.41) is 3.33. The van der Waals surface area contributed by atoms with E-state index in [0.29, 0.717) is 12.5 Å². The van der Waals surface area contributed by atoms with Crippen LogP contribution in [0.4, 0.5) is 17.2 Å². The van der Waals surface area contributed by atoms with Gasteiger partial charge in [0.05, 0.1) is 29.5 Å². The molecule has 0 unspecified atom stereocenters. The fourth-order valence-corrected chi connectivity index (χ4v) is 3.18. The maximum Gasteiger partial charge on any atom is 1.00 e. The molecule has 3 aromatic heterocycles. The minimum atomic E-state index is 0. The summed E-state index contributed by atoms with van der Waals surface area (Å²) in [7, 11) is 0. The second-order valence-corrected chi connectivity index (χ2v) is 7.50. The minimum Gasteiger partial charge on any atom is -0.467 e. The van der Waals surface area contributed by atoms with Crippen molar-refractivity contribution in [2.45, 2.75) is 20.8 Å². The molecule has 0 atom stereocenters. The van der Waals surface area contributed by atoms with E-state index in [1.807, 2.05) is 49.6 Å². The van der Waals surface area contributed by atoms with Crippen LogP contribution < -0.4 is 72.3 Å². The number of nitrogens with zero attached hydrogens (tertiary/aromatic N) is 4. The molecule has 0 saturated carbocycles. The fraction of sp³-hybridized carbons (Fsp3) is 0.304. The maximum absolute atomic E-state index is 5.79. The number of hydrogen-bond donors (Lipinski definition) is 2. The second-order valence-electron chi connectivity index (χ2n) is 7.50. The van der Waals surface area contributed by atoms with Crippen LogP contribution in [0.5, 0.6) is 0 Å². The molecule has 0 saturated heterocycles. The zero-order valence-electron chi connectivity index (χ0n) is 18.4. The van der Waals surface area contributed by atoms with Crippen molar-refractivity contribution >= 4 is 23.3 Å². The molecule has 0 fully saturated rings. The van der Waals surface area contributed by atoms with Gasteiger partial charge in [0.1, 0.15) is 0 Å². The van der Waals surface area contributed by atoms with Gasteiger partial charge in [-0.05, 0) is 56.4 Å². The molecule has 7 heteroatoms.